The van der Waals surface area contributed by atoms with Gasteiger partial charge in [0.1, 0.15) is 44.8 Å². The number of rotatable bonds is 10. The van der Waals surface area contributed by atoms with Gasteiger partial charge in [0.2, 0.25) is 0 Å². The van der Waals surface area contributed by atoms with E-state index in [0.29, 0.717) is 6.54 Å². The molecule has 0 saturated carbocycles. The Labute approximate surface area is 167 Å². The van der Waals surface area contributed by atoms with E-state index in [0.717, 1.165) is 13.0 Å². The van der Waals surface area contributed by atoms with Gasteiger partial charge in [0.15, 0.2) is 0 Å². The molecule has 0 aromatic rings. The number of fused-ring (bicyclic) bond motifs is 1. The van der Waals surface area contributed by atoms with Gasteiger partial charge in [-0.15, -0.1) is 0 Å². The Morgan fingerprint density at radius 2 is 1.46 bits per heavy atom. The van der Waals surface area contributed by atoms with Crippen LogP contribution in [0.1, 0.15) is 27.2 Å². The Kier molecular flexibility index (Phi) is 9.07. The summed E-state index contributed by atoms with van der Waals surface area (Å²) >= 11 is 0. The van der Waals surface area contributed by atoms with Gasteiger partial charge in [-0.05, 0) is 27.2 Å². The maximum atomic E-state index is 12.5. The number of ether oxygens (including phenoxy) is 7. The fraction of sp³-hybridized carbons (Fsp3) is 0.947. The predicted molar refractivity (Wildman–Crippen MR) is 99.6 cm³/mol. The van der Waals surface area contributed by atoms with E-state index in [1.807, 2.05) is 20.8 Å². The molecule has 28 heavy (non-hydrogen) atoms. The maximum absolute atomic E-state index is 12.5. The van der Waals surface area contributed by atoms with Crippen LogP contribution in [0.2, 0.25) is 0 Å². The normalized spacial score (nSPS) is 31.0. The van der Waals surface area contributed by atoms with E-state index in [9.17, 15) is 4.79 Å². The summed E-state index contributed by atoms with van der Waals surface area (Å²) in [5.41, 5.74) is -0.568. The average molecular weight is 405 g/mol. The lowest BCUT2D eigenvalue weighted by Gasteiger charge is -2.46. The van der Waals surface area contributed by atoms with Crippen LogP contribution < -0.4 is 0 Å². The third kappa shape index (κ3) is 5.85. The summed E-state index contributed by atoms with van der Waals surface area (Å²) in [6.07, 6.45) is -0.657. The minimum atomic E-state index is -0.568. The van der Waals surface area contributed by atoms with Crippen LogP contribution in [0.3, 0.4) is 0 Å². The van der Waals surface area contributed by atoms with Crippen molar-refractivity contribution in [1.29, 1.82) is 0 Å². The van der Waals surface area contributed by atoms with Gasteiger partial charge in [-0.2, -0.15) is 0 Å². The lowest BCUT2D eigenvalue weighted by atomic mass is 9.91. The van der Waals surface area contributed by atoms with Gasteiger partial charge in [0.25, 0.3) is 0 Å². The Morgan fingerprint density at radius 3 is 2.04 bits per heavy atom. The van der Waals surface area contributed by atoms with Gasteiger partial charge in [0, 0.05) is 34.4 Å². The molecule has 0 amide bonds. The molecule has 0 aromatic heterocycles. The number of nitrogens with zero attached hydrogens (tertiary/aromatic N) is 1. The highest BCUT2D eigenvalue weighted by molar-refractivity contribution is 5.75. The summed E-state index contributed by atoms with van der Waals surface area (Å²) in [7, 11) is 4.71. The number of esters is 1. The van der Waals surface area contributed by atoms with Crippen LogP contribution in [0.15, 0.2) is 0 Å². The molecule has 0 unspecified atom stereocenters. The molecule has 0 aliphatic carbocycles. The van der Waals surface area contributed by atoms with E-state index in [4.69, 9.17) is 33.2 Å². The standard InChI is InChI=1S/C19H35NO8/c1-19(2,3)18(21)28-13-7-8-20-9-14(25-10-22-4)16(26-11-23-5)17(15(13)20)27-12-24-6/h13-17H,7-12H2,1-6H3/t13-,14+,15-,16-,17-/m0/s1. The van der Waals surface area contributed by atoms with Gasteiger partial charge < -0.3 is 33.2 Å². The van der Waals surface area contributed by atoms with Crippen molar-refractivity contribution in [1.82, 2.24) is 4.90 Å². The molecule has 9 nitrogen and oxygen atoms in total. The van der Waals surface area contributed by atoms with Gasteiger partial charge in [-0.25, -0.2) is 0 Å². The van der Waals surface area contributed by atoms with Crippen molar-refractivity contribution in [2.45, 2.75) is 57.6 Å². The van der Waals surface area contributed by atoms with Crippen molar-refractivity contribution in [2.75, 3.05) is 54.8 Å². The molecular formula is C19H35NO8. The summed E-state index contributed by atoms with van der Waals surface area (Å²) in [5.74, 6) is -0.225. The van der Waals surface area contributed by atoms with Crippen LogP contribution in [0.25, 0.3) is 0 Å². The molecule has 0 radical (unpaired) electrons. The molecule has 164 valence electrons. The fourth-order valence-corrected chi connectivity index (χ4v) is 3.66. The minimum absolute atomic E-state index is 0.0960. The molecule has 0 spiro atoms. The summed E-state index contributed by atoms with van der Waals surface area (Å²) in [5, 5.41) is 0. The van der Waals surface area contributed by atoms with E-state index in [1.165, 1.54) is 0 Å². The quantitative estimate of drug-likeness (QED) is 0.390. The van der Waals surface area contributed by atoms with Crippen molar-refractivity contribution < 1.29 is 38.0 Å². The highest BCUT2D eigenvalue weighted by Gasteiger charge is 2.53. The average Bonchev–Trinajstić information content (AvgIpc) is 3.04. The van der Waals surface area contributed by atoms with E-state index in [-0.39, 0.29) is 44.6 Å². The molecule has 2 aliphatic heterocycles. The summed E-state index contributed by atoms with van der Waals surface area (Å²) in [6.45, 7) is 7.29. The molecule has 0 N–H and O–H groups in total. The number of carbonyl (C=O) groups excluding carboxylic acids is 1. The maximum Gasteiger partial charge on any atom is 0.311 e. The van der Waals surface area contributed by atoms with Crippen molar-refractivity contribution in [3.8, 4) is 0 Å². The summed E-state index contributed by atoms with van der Waals surface area (Å²) in [6, 6.07) is -0.147. The molecular weight excluding hydrogens is 370 g/mol. The van der Waals surface area contributed by atoms with Crippen LogP contribution in [0.4, 0.5) is 0 Å². The van der Waals surface area contributed by atoms with Gasteiger partial charge in [0.05, 0.1) is 11.5 Å². The zero-order chi connectivity index (χ0) is 20.7. The lowest BCUT2D eigenvalue weighted by Crippen LogP contribution is -2.64. The molecule has 0 bridgehead atoms. The Hall–Kier alpha value is -0.810. The van der Waals surface area contributed by atoms with Crippen LogP contribution in [0, 0.1) is 5.41 Å². The van der Waals surface area contributed by atoms with Crippen molar-refractivity contribution >= 4 is 5.97 Å². The summed E-state index contributed by atoms with van der Waals surface area (Å²) < 4.78 is 39.0. The van der Waals surface area contributed by atoms with Gasteiger partial charge in [-0.3, -0.25) is 9.69 Å². The van der Waals surface area contributed by atoms with E-state index in [2.05, 4.69) is 4.90 Å². The first-order valence-corrected chi connectivity index (χ1v) is 9.60. The number of hydrogen-bond acceptors (Lipinski definition) is 9. The smallest absolute Gasteiger partial charge is 0.311 e. The summed E-state index contributed by atoms with van der Waals surface area (Å²) in [4.78, 5) is 14.7. The van der Waals surface area contributed by atoms with E-state index in [1.54, 1.807) is 21.3 Å². The van der Waals surface area contributed by atoms with Gasteiger partial charge in [-0.1, -0.05) is 0 Å². The lowest BCUT2D eigenvalue weighted by molar-refractivity contribution is -0.246. The van der Waals surface area contributed by atoms with Crippen LogP contribution in [-0.4, -0.2) is 96.1 Å². The van der Waals surface area contributed by atoms with Crippen molar-refractivity contribution in [3.63, 3.8) is 0 Å². The first-order chi connectivity index (χ1) is 13.3. The molecule has 2 rings (SSSR count). The number of hydrogen-bond donors (Lipinski definition) is 0. The topological polar surface area (TPSA) is 84.9 Å². The van der Waals surface area contributed by atoms with Gasteiger partial charge >= 0.3 is 5.97 Å². The predicted octanol–water partition coefficient (Wildman–Crippen LogP) is 1.000. The second kappa shape index (κ2) is 10.8. The number of methoxy groups -OCH3 is 3. The first kappa shape index (κ1) is 23.5. The Bertz CT molecular complexity index is 483. The van der Waals surface area contributed by atoms with Crippen molar-refractivity contribution in [3.05, 3.63) is 0 Å². The van der Waals surface area contributed by atoms with E-state index >= 15 is 0 Å². The molecule has 5 atom stereocenters. The molecule has 2 fully saturated rings. The highest BCUT2D eigenvalue weighted by Crippen LogP contribution is 2.35. The minimum Gasteiger partial charge on any atom is -0.460 e. The second-order valence-corrected chi connectivity index (χ2v) is 8.16. The Morgan fingerprint density at radius 1 is 0.893 bits per heavy atom. The number of piperidine rings is 1. The third-order valence-corrected chi connectivity index (χ3v) is 4.97. The van der Waals surface area contributed by atoms with E-state index < -0.39 is 17.6 Å². The molecule has 0 aromatic carbocycles. The Balaban J connectivity index is 2.22. The molecule has 2 heterocycles. The fourth-order valence-electron chi connectivity index (χ4n) is 3.66. The first-order valence-electron chi connectivity index (χ1n) is 9.60. The third-order valence-electron chi connectivity index (χ3n) is 4.97. The van der Waals surface area contributed by atoms with Crippen molar-refractivity contribution in [2.24, 2.45) is 5.41 Å². The largest absolute Gasteiger partial charge is 0.460 e. The monoisotopic (exact) mass is 405 g/mol. The molecule has 2 aliphatic rings. The van der Waals surface area contributed by atoms with Crippen LogP contribution in [0.5, 0.6) is 0 Å². The number of carbonyl (C=O) groups is 1. The SMILES string of the molecule is COCO[C@@H]1[C@@H](OCOC)[C@H](OCOC)CN2CC[C@H](OC(=O)C(C)(C)C)[C@@H]12. The van der Waals surface area contributed by atoms with Crippen LogP contribution in [-0.2, 0) is 38.0 Å². The van der Waals surface area contributed by atoms with Crippen LogP contribution >= 0.6 is 0 Å². The zero-order valence-corrected chi connectivity index (χ0v) is 17.8. The molecule has 2 saturated heterocycles. The second-order valence-electron chi connectivity index (χ2n) is 8.16. The highest BCUT2D eigenvalue weighted by atomic mass is 16.7. The zero-order valence-electron chi connectivity index (χ0n) is 17.8. The molecule has 9 heteroatoms.